The smallest absolute Gasteiger partial charge is 0.253 e. The summed E-state index contributed by atoms with van der Waals surface area (Å²) in [5.74, 6) is 6.90. The van der Waals surface area contributed by atoms with Gasteiger partial charge < -0.3 is 10.0 Å². The van der Waals surface area contributed by atoms with Crippen molar-refractivity contribution in [2.75, 3.05) is 25.7 Å². The van der Waals surface area contributed by atoms with E-state index in [1.54, 1.807) is 16.7 Å². The van der Waals surface area contributed by atoms with Gasteiger partial charge in [-0.1, -0.05) is 17.9 Å². The fourth-order valence-electron chi connectivity index (χ4n) is 1.84. The Labute approximate surface area is 131 Å². The van der Waals surface area contributed by atoms with Gasteiger partial charge in [-0.2, -0.15) is 11.8 Å². The van der Waals surface area contributed by atoms with Gasteiger partial charge >= 0.3 is 0 Å². The zero-order chi connectivity index (χ0) is 15.7. The average molecular weight is 305 g/mol. The number of amides is 1. The van der Waals surface area contributed by atoms with Crippen LogP contribution in [0, 0.1) is 11.8 Å². The minimum absolute atomic E-state index is 0.0226. The Morgan fingerprint density at radius 1 is 1.48 bits per heavy atom. The quantitative estimate of drug-likeness (QED) is 0.821. The molecule has 1 rings (SSSR count). The number of carbonyl (C=O) groups excluding carboxylic acids is 1. The van der Waals surface area contributed by atoms with Gasteiger partial charge in [0.25, 0.3) is 5.91 Å². The van der Waals surface area contributed by atoms with Gasteiger partial charge in [0.2, 0.25) is 0 Å². The number of hydrogen-bond donors (Lipinski definition) is 1. The van der Waals surface area contributed by atoms with Crippen molar-refractivity contribution in [1.29, 1.82) is 0 Å². The van der Waals surface area contributed by atoms with E-state index >= 15 is 0 Å². The molecule has 4 heteroatoms. The Balaban J connectivity index is 2.78. The van der Waals surface area contributed by atoms with Crippen molar-refractivity contribution in [3.63, 3.8) is 0 Å². The second-order valence-corrected chi connectivity index (χ2v) is 5.89. The van der Waals surface area contributed by atoms with Crippen LogP contribution in [0.4, 0.5) is 0 Å². The zero-order valence-electron chi connectivity index (χ0n) is 12.9. The Hall–Kier alpha value is -1.44. The van der Waals surface area contributed by atoms with E-state index in [1.807, 2.05) is 31.3 Å². The second-order valence-electron chi connectivity index (χ2n) is 4.90. The lowest BCUT2D eigenvalue weighted by Gasteiger charge is -2.25. The molecule has 0 fully saturated rings. The number of hydrogen-bond acceptors (Lipinski definition) is 3. The standard InChI is InChI=1S/C17H23NO2S/c1-14(10-12-21-3)18(2)17(20)16-9-6-8-15(13-16)7-4-5-11-19/h6,8-9,13-14,19H,5,10-12H2,1-3H3. The maximum atomic E-state index is 12.5. The molecule has 0 saturated carbocycles. The van der Waals surface area contributed by atoms with Crippen molar-refractivity contribution in [2.45, 2.75) is 25.8 Å². The molecule has 0 bridgehead atoms. The van der Waals surface area contributed by atoms with Gasteiger partial charge in [-0.15, -0.1) is 0 Å². The fraction of sp³-hybridized carbons (Fsp3) is 0.471. The molecule has 0 heterocycles. The lowest BCUT2D eigenvalue weighted by Crippen LogP contribution is -2.35. The molecule has 21 heavy (non-hydrogen) atoms. The molecule has 114 valence electrons. The summed E-state index contributed by atoms with van der Waals surface area (Å²) in [6.45, 7) is 2.13. The summed E-state index contributed by atoms with van der Waals surface area (Å²) in [4.78, 5) is 14.3. The van der Waals surface area contributed by atoms with Gasteiger partial charge in [-0.25, -0.2) is 0 Å². The first kappa shape index (κ1) is 17.6. The molecule has 0 saturated heterocycles. The third-order valence-corrected chi connectivity index (χ3v) is 3.94. The summed E-state index contributed by atoms with van der Waals surface area (Å²) >= 11 is 1.79. The molecule has 0 aromatic heterocycles. The number of aliphatic hydroxyl groups is 1. The van der Waals surface area contributed by atoms with Gasteiger partial charge in [-0.3, -0.25) is 4.79 Å². The third kappa shape index (κ3) is 5.82. The maximum absolute atomic E-state index is 12.5. The van der Waals surface area contributed by atoms with E-state index in [0.29, 0.717) is 12.0 Å². The summed E-state index contributed by atoms with van der Waals surface area (Å²) < 4.78 is 0. The second kappa shape index (κ2) is 9.49. The molecule has 0 aliphatic carbocycles. The number of thioether (sulfide) groups is 1. The van der Waals surface area contributed by atoms with Gasteiger partial charge in [-0.05, 0) is 43.6 Å². The Kier molecular flexibility index (Phi) is 7.96. The number of rotatable bonds is 6. The summed E-state index contributed by atoms with van der Waals surface area (Å²) in [5.41, 5.74) is 1.46. The lowest BCUT2D eigenvalue weighted by molar-refractivity contribution is 0.0741. The zero-order valence-corrected chi connectivity index (χ0v) is 13.7. The highest BCUT2D eigenvalue weighted by Gasteiger charge is 2.17. The maximum Gasteiger partial charge on any atom is 0.253 e. The SMILES string of the molecule is CSCCC(C)N(C)C(=O)c1cccc(C#CCCO)c1. The molecule has 1 amide bonds. The van der Waals surface area contributed by atoms with E-state index in [1.165, 1.54) is 0 Å². The summed E-state index contributed by atoms with van der Waals surface area (Å²) in [7, 11) is 1.84. The van der Waals surface area contributed by atoms with Gasteiger partial charge in [0.15, 0.2) is 0 Å². The highest BCUT2D eigenvalue weighted by Crippen LogP contribution is 2.12. The molecular formula is C17H23NO2S. The van der Waals surface area contributed by atoms with Crippen LogP contribution in [0.3, 0.4) is 0 Å². The number of carbonyl (C=O) groups is 1. The summed E-state index contributed by atoms with van der Waals surface area (Å²) in [6.07, 6.45) is 3.51. The molecule has 0 spiro atoms. The molecule has 0 aliphatic heterocycles. The molecule has 1 aromatic carbocycles. The van der Waals surface area contributed by atoms with E-state index < -0.39 is 0 Å². The predicted octanol–water partition coefficient (Wildman–Crippen LogP) is 2.63. The molecule has 3 nitrogen and oxygen atoms in total. The molecule has 1 aromatic rings. The van der Waals surface area contributed by atoms with Crippen LogP contribution in [0.2, 0.25) is 0 Å². The fourth-order valence-corrected chi connectivity index (χ4v) is 2.41. The minimum Gasteiger partial charge on any atom is -0.395 e. The highest BCUT2D eigenvalue weighted by atomic mass is 32.2. The topological polar surface area (TPSA) is 40.5 Å². The lowest BCUT2D eigenvalue weighted by atomic mass is 10.1. The highest BCUT2D eigenvalue weighted by molar-refractivity contribution is 7.98. The van der Waals surface area contributed by atoms with Crippen LogP contribution >= 0.6 is 11.8 Å². The average Bonchev–Trinajstić information content (AvgIpc) is 2.51. The van der Waals surface area contributed by atoms with E-state index in [9.17, 15) is 4.79 Å². The Bertz CT molecular complexity index is 519. The van der Waals surface area contributed by atoms with Gasteiger partial charge in [0, 0.05) is 30.6 Å². The monoisotopic (exact) mass is 305 g/mol. The number of benzene rings is 1. The Morgan fingerprint density at radius 3 is 2.90 bits per heavy atom. The first-order valence-corrected chi connectivity index (χ1v) is 8.45. The number of nitrogens with zero attached hydrogens (tertiary/aromatic N) is 1. The van der Waals surface area contributed by atoms with E-state index in [-0.39, 0.29) is 18.6 Å². The van der Waals surface area contributed by atoms with E-state index in [0.717, 1.165) is 17.7 Å². The van der Waals surface area contributed by atoms with Crippen LogP contribution in [0.5, 0.6) is 0 Å². The molecule has 1 atom stereocenters. The molecular weight excluding hydrogens is 282 g/mol. The van der Waals surface area contributed by atoms with Crippen molar-refractivity contribution in [1.82, 2.24) is 4.90 Å². The summed E-state index contributed by atoms with van der Waals surface area (Å²) in [6, 6.07) is 7.56. The van der Waals surface area contributed by atoms with Crippen molar-refractivity contribution in [3.05, 3.63) is 35.4 Å². The van der Waals surface area contributed by atoms with Crippen LogP contribution in [-0.2, 0) is 0 Å². The molecule has 0 aliphatic rings. The van der Waals surface area contributed by atoms with Crippen molar-refractivity contribution in [2.24, 2.45) is 0 Å². The number of aliphatic hydroxyl groups excluding tert-OH is 1. The molecule has 0 radical (unpaired) electrons. The van der Waals surface area contributed by atoms with Crippen LogP contribution in [0.25, 0.3) is 0 Å². The minimum atomic E-state index is 0.0226. The van der Waals surface area contributed by atoms with E-state index in [2.05, 4.69) is 25.0 Å². The van der Waals surface area contributed by atoms with Crippen LogP contribution in [0.15, 0.2) is 24.3 Å². The molecule has 1 unspecified atom stereocenters. The first-order chi connectivity index (χ1) is 10.1. The Morgan fingerprint density at radius 2 is 2.24 bits per heavy atom. The van der Waals surface area contributed by atoms with Gasteiger partial charge in [0.05, 0.1) is 6.61 Å². The van der Waals surface area contributed by atoms with Crippen molar-refractivity contribution in [3.8, 4) is 11.8 Å². The largest absolute Gasteiger partial charge is 0.395 e. The van der Waals surface area contributed by atoms with Crippen LogP contribution in [0.1, 0.15) is 35.7 Å². The molecule has 1 N–H and O–H groups in total. The first-order valence-electron chi connectivity index (χ1n) is 7.06. The van der Waals surface area contributed by atoms with Gasteiger partial charge in [0.1, 0.15) is 0 Å². The van der Waals surface area contributed by atoms with Crippen LogP contribution in [-0.4, -0.2) is 47.6 Å². The normalized spacial score (nSPS) is 11.4. The van der Waals surface area contributed by atoms with E-state index in [4.69, 9.17) is 5.11 Å². The van der Waals surface area contributed by atoms with Crippen molar-refractivity contribution >= 4 is 17.7 Å². The van der Waals surface area contributed by atoms with Crippen LogP contribution < -0.4 is 0 Å². The predicted molar refractivity (Wildman–Crippen MR) is 89.6 cm³/mol. The third-order valence-electron chi connectivity index (χ3n) is 3.30. The van der Waals surface area contributed by atoms with Crippen molar-refractivity contribution < 1.29 is 9.90 Å². The summed E-state index contributed by atoms with van der Waals surface area (Å²) in [5, 5.41) is 8.73.